The van der Waals surface area contributed by atoms with E-state index < -0.39 is 10.0 Å². The molecule has 1 fully saturated rings. The third-order valence-electron chi connectivity index (χ3n) is 3.73. The molecule has 1 aromatic rings. The van der Waals surface area contributed by atoms with Crippen molar-refractivity contribution in [2.45, 2.75) is 50.3 Å². The van der Waals surface area contributed by atoms with Gasteiger partial charge in [-0.2, -0.15) is 4.31 Å². The molecular weight excluding hydrogens is 252 g/mol. The van der Waals surface area contributed by atoms with Crippen LogP contribution in [0.1, 0.15) is 31.9 Å². The molecule has 0 saturated heterocycles. The first-order valence-corrected chi connectivity index (χ1v) is 7.72. The zero-order valence-corrected chi connectivity index (χ0v) is 11.7. The van der Waals surface area contributed by atoms with Gasteiger partial charge in [0, 0.05) is 31.5 Å². The molecule has 0 atom stereocenters. The van der Waals surface area contributed by atoms with Crippen molar-refractivity contribution in [1.29, 1.82) is 0 Å². The fourth-order valence-electron chi connectivity index (χ4n) is 2.21. The number of aliphatic hydroxyl groups is 1. The van der Waals surface area contributed by atoms with Gasteiger partial charge in [0.2, 0.25) is 10.0 Å². The van der Waals surface area contributed by atoms with E-state index in [0.29, 0.717) is 12.2 Å². The Hall–Kier alpha value is -0.850. The molecule has 1 N–H and O–H groups in total. The van der Waals surface area contributed by atoms with Crippen LogP contribution in [0, 0.1) is 0 Å². The van der Waals surface area contributed by atoms with E-state index in [1.807, 2.05) is 6.92 Å². The maximum atomic E-state index is 12.4. The van der Waals surface area contributed by atoms with Crippen LogP contribution in [0.3, 0.4) is 0 Å². The van der Waals surface area contributed by atoms with Gasteiger partial charge < -0.3 is 9.67 Å². The van der Waals surface area contributed by atoms with E-state index in [1.165, 1.54) is 4.31 Å². The van der Waals surface area contributed by atoms with Gasteiger partial charge in [0.1, 0.15) is 4.90 Å². The molecule has 0 unspecified atom stereocenters. The number of rotatable bonds is 5. The van der Waals surface area contributed by atoms with Crippen LogP contribution >= 0.6 is 0 Å². The molecule has 1 aromatic heterocycles. The summed E-state index contributed by atoms with van der Waals surface area (Å²) in [6.07, 6.45) is 4.59. The van der Waals surface area contributed by atoms with Gasteiger partial charge >= 0.3 is 0 Å². The molecule has 1 aliphatic carbocycles. The first kappa shape index (κ1) is 13.6. The van der Waals surface area contributed by atoms with Gasteiger partial charge in [-0.05, 0) is 25.8 Å². The summed E-state index contributed by atoms with van der Waals surface area (Å²) in [5.74, 6) is 0. The minimum Gasteiger partial charge on any atom is -0.390 e. The van der Waals surface area contributed by atoms with E-state index in [1.54, 1.807) is 23.9 Å². The number of aryl methyl sites for hydroxylation is 1. The molecule has 0 spiro atoms. The van der Waals surface area contributed by atoms with Crippen molar-refractivity contribution in [3.05, 3.63) is 18.0 Å². The Morgan fingerprint density at radius 3 is 2.56 bits per heavy atom. The summed E-state index contributed by atoms with van der Waals surface area (Å²) in [6.45, 7) is 2.43. The maximum Gasteiger partial charge on any atom is 0.244 e. The molecule has 2 rings (SSSR count). The third kappa shape index (κ3) is 2.20. The highest BCUT2D eigenvalue weighted by Crippen LogP contribution is 2.29. The summed E-state index contributed by atoms with van der Waals surface area (Å²) in [7, 11) is -1.78. The Bertz CT molecular complexity index is 496. The highest BCUT2D eigenvalue weighted by molar-refractivity contribution is 7.89. The lowest BCUT2D eigenvalue weighted by atomic mass is 9.94. The summed E-state index contributed by atoms with van der Waals surface area (Å²) in [6, 6.07) is 1.70. The Labute approximate surface area is 108 Å². The smallest absolute Gasteiger partial charge is 0.244 e. The summed E-state index contributed by atoms with van der Waals surface area (Å²) in [5, 5.41) is 9.20. The van der Waals surface area contributed by atoms with E-state index in [0.717, 1.165) is 19.3 Å². The van der Waals surface area contributed by atoms with Gasteiger partial charge in [-0.3, -0.25) is 0 Å². The number of sulfonamides is 1. The van der Waals surface area contributed by atoms with Crippen LogP contribution in [0.5, 0.6) is 0 Å². The van der Waals surface area contributed by atoms with Crippen molar-refractivity contribution in [1.82, 2.24) is 8.87 Å². The largest absolute Gasteiger partial charge is 0.390 e. The van der Waals surface area contributed by atoms with Gasteiger partial charge in [0.15, 0.2) is 0 Å². The van der Waals surface area contributed by atoms with Gasteiger partial charge in [-0.25, -0.2) is 8.42 Å². The molecule has 0 radical (unpaired) electrons. The van der Waals surface area contributed by atoms with E-state index in [4.69, 9.17) is 0 Å². The molecule has 102 valence electrons. The van der Waals surface area contributed by atoms with Crippen molar-refractivity contribution in [3.8, 4) is 0 Å². The standard InChI is InChI=1S/C12H20N2O3S/c1-3-14-8-12(7-11(14)9-15)18(16,17)13(2)10-5-4-6-10/h7-8,10,15H,3-6,9H2,1-2H3. The van der Waals surface area contributed by atoms with Crippen LogP contribution < -0.4 is 0 Å². The first-order valence-electron chi connectivity index (χ1n) is 6.28. The van der Waals surface area contributed by atoms with Gasteiger partial charge in [-0.15, -0.1) is 0 Å². The fourth-order valence-corrected chi connectivity index (χ4v) is 3.69. The summed E-state index contributed by atoms with van der Waals surface area (Å²) >= 11 is 0. The van der Waals surface area contributed by atoms with E-state index in [-0.39, 0.29) is 17.5 Å². The zero-order valence-electron chi connectivity index (χ0n) is 10.8. The molecule has 1 saturated carbocycles. The minimum atomic E-state index is -3.42. The monoisotopic (exact) mass is 272 g/mol. The topological polar surface area (TPSA) is 62.5 Å². The zero-order chi connectivity index (χ0) is 13.3. The molecule has 0 amide bonds. The molecule has 0 bridgehead atoms. The molecule has 0 aliphatic heterocycles. The van der Waals surface area contributed by atoms with Crippen molar-refractivity contribution in [3.63, 3.8) is 0 Å². The third-order valence-corrected chi connectivity index (χ3v) is 5.60. The van der Waals surface area contributed by atoms with Gasteiger partial charge in [0.05, 0.1) is 6.61 Å². The quantitative estimate of drug-likeness (QED) is 0.875. The second-order valence-electron chi connectivity index (χ2n) is 4.72. The van der Waals surface area contributed by atoms with Crippen molar-refractivity contribution in [2.75, 3.05) is 7.05 Å². The molecule has 1 heterocycles. The Morgan fingerprint density at radius 1 is 1.50 bits per heavy atom. The van der Waals surface area contributed by atoms with Crippen LogP contribution in [-0.4, -0.2) is 35.5 Å². The predicted octanol–water partition coefficient (Wildman–Crippen LogP) is 1.17. The number of hydrogen-bond donors (Lipinski definition) is 1. The lowest BCUT2D eigenvalue weighted by Gasteiger charge is -2.33. The summed E-state index contributed by atoms with van der Waals surface area (Å²) in [4.78, 5) is 0.280. The molecular formula is C12H20N2O3S. The van der Waals surface area contributed by atoms with Gasteiger partial charge in [0.25, 0.3) is 0 Å². The highest BCUT2D eigenvalue weighted by atomic mass is 32.2. The van der Waals surface area contributed by atoms with Crippen molar-refractivity contribution < 1.29 is 13.5 Å². The molecule has 0 aromatic carbocycles. The average Bonchev–Trinajstić information content (AvgIpc) is 2.70. The maximum absolute atomic E-state index is 12.4. The van der Waals surface area contributed by atoms with Gasteiger partial charge in [-0.1, -0.05) is 6.42 Å². The minimum absolute atomic E-state index is 0.137. The Balaban J connectivity index is 2.31. The van der Waals surface area contributed by atoms with Crippen LogP contribution in [0.25, 0.3) is 0 Å². The number of aromatic nitrogens is 1. The molecule has 6 heteroatoms. The number of nitrogens with zero attached hydrogens (tertiary/aromatic N) is 2. The number of hydrogen-bond acceptors (Lipinski definition) is 3. The highest BCUT2D eigenvalue weighted by Gasteiger charge is 2.32. The second-order valence-corrected chi connectivity index (χ2v) is 6.71. The average molecular weight is 272 g/mol. The summed E-state index contributed by atoms with van der Waals surface area (Å²) < 4.78 is 28.0. The fraction of sp³-hybridized carbons (Fsp3) is 0.667. The lowest BCUT2D eigenvalue weighted by Crippen LogP contribution is -2.41. The lowest BCUT2D eigenvalue weighted by molar-refractivity contribution is 0.249. The van der Waals surface area contributed by atoms with Crippen LogP contribution in [0.15, 0.2) is 17.2 Å². The van der Waals surface area contributed by atoms with E-state index >= 15 is 0 Å². The SMILES string of the molecule is CCn1cc(S(=O)(=O)N(C)C2CCC2)cc1CO. The second kappa shape index (κ2) is 5.03. The first-order chi connectivity index (χ1) is 8.50. The molecule has 18 heavy (non-hydrogen) atoms. The summed E-state index contributed by atoms with van der Waals surface area (Å²) in [5.41, 5.74) is 0.637. The predicted molar refractivity (Wildman–Crippen MR) is 68.6 cm³/mol. The van der Waals surface area contributed by atoms with Crippen LogP contribution in [-0.2, 0) is 23.2 Å². The number of aliphatic hydroxyl groups excluding tert-OH is 1. The normalized spacial score (nSPS) is 17.1. The van der Waals surface area contributed by atoms with Crippen molar-refractivity contribution in [2.24, 2.45) is 0 Å². The van der Waals surface area contributed by atoms with Crippen molar-refractivity contribution >= 4 is 10.0 Å². The van der Waals surface area contributed by atoms with E-state index in [2.05, 4.69) is 0 Å². The Morgan fingerprint density at radius 2 is 2.17 bits per heavy atom. The molecule has 1 aliphatic rings. The Kier molecular flexibility index (Phi) is 3.79. The van der Waals surface area contributed by atoms with Crippen LogP contribution in [0.4, 0.5) is 0 Å². The molecule has 5 nitrogen and oxygen atoms in total. The van der Waals surface area contributed by atoms with E-state index in [9.17, 15) is 13.5 Å². The van der Waals surface area contributed by atoms with Crippen LogP contribution in [0.2, 0.25) is 0 Å².